The number of carbonyl (C=O) groups is 3. The van der Waals surface area contributed by atoms with Crippen LogP contribution in [0.15, 0.2) is 36.7 Å². The lowest BCUT2D eigenvalue weighted by molar-refractivity contribution is -0.120. The average molecular weight is 538 g/mol. The van der Waals surface area contributed by atoms with Crippen molar-refractivity contribution in [2.75, 3.05) is 26.2 Å². The van der Waals surface area contributed by atoms with Gasteiger partial charge in [-0.3, -0.25) is 14.4 Å². The number of nitrogens with zero attached hydrogens (tertiary/aromatic N) is 4. The molecule has 3 aliphatic rings. The fourth-order valence-electron chi connectivity index (χ4n) is 4.73. The van der Waals surface area contributed by atoms with Gasteiger partial charge in [0.15, 0.2) is 11.6 Å². The summed E-state index contributed by atoms with van der Waals surface area (Å²) in [5, 5.41) is 27.7. The Labute approximate surface area is 229 Å². The van der Waals surface area contributed by atoms with Gasteiger partial charge in [0.05, 0.1) is 6.42 Å². The van der Waals surface area contributed by atoms with Gasteiger partial charge in [-0.25, -0.2) is 9.97 Å². The largest absolute Gasteiger partial charge is 0.506 e. The van der Waals surface area contributed by atoms with Crippen LogP contribution in [0.3, 0.4) is 0 Å². The second-order valence-electron chi connectivity index (χ2n) is 10.0. The van der Waals surface area contributed by atoms with Crippen LogP contribution >= 0.6 is 0 Å². The minimum absolute atomic E-state index is 0.0602. The highest BCUT2D eigenvalue weighted by Gasteiger charge is 2.44. The first-order valence-corrected chi connectivity index (χ1v) is 13.2. The van der Waals surface area contributed by atoms with E-state index in [4.69, 9.17) is 14.9 Å². The third kappa shape index (κ3) is 8.43. The molecule has 3 aliphatic heterocycles. The Morgan fingerprint density at radius 3 is 2.05 bits per heavy atom. The number of Topliss-reactive ketones (excluding diaryl/α,β-unsaturated/α-hetero) is 3. The second kappa shape index (κ2) is 13.8. The number of aromatic hydroxyl groups is 1. The first kappa shape index (κ1) is 30.4. The van der Waals surface area contributed by atoms with Crippen molar-refractivity contribution in [3.8, 4) is 11.5 Å². The van der Waals surface area contributed by atoms with Crippen molar-refractivity contribution < 1.29 is 34.3 Å². The molecule has 5 heterocycles. The molecule has 0 amide bonds. The molecule has 0 saturated carbocycles. The van der Waals surface area contributed by atoms with Crippen LogP contribution in [-0.4, -0.2) is 98.0 Å². The summed E-state index contributed by atoms with van der Waals surface area (Å²) < 4.78 is 6.07. The van der Waals surface area contributed by atoms with Crippen molar-refractivity contribution in [1.29, 1.82) is 0 Å². The third-order valence-electron chi connectivity index (χ3n) is 7.09. The summed E-state index contributed by atoms with van der Waals surface area (Å²) in [6.45, 7) is 7.80. The summed E-state index contributed by atoms with van der Waals surface area (Å²) in [6.07, 6.45) is 6.21. The molecular weight excluding hydrogens is 502 g/mol. The number of carbonyl (C=O) groups excluding carboxylic acids is 3. The summed E-state index contributed by atoms with van der Waals surface area (Å²) in [5.41, 5.74) is 0.173. The van der Waals surface area contributed by atoms with Gasteiger partial charge in [0, 0.05) is 32.2 Å². The first-order chi connectivity index (χ1) is 18.5. The molecule has 1 spiro atoms. The summed E-state index contributed by atoms with van der Waals surface area (Å²) in [7, 11) is -0.835. The molecule has 2 aromatic rings. The normalized spacial score (nSPS) is 18.5. The molecule has 5 rings (SSSR count). The van der Waals surface area contributed by atoms with E-state index in [0.29, 0.717) is 36.5 Å². The number of ketones is 3. The molecular formula is C26H36B2N4O7. The van der Waals surface area contributed by atoms with Crippen molar-refractivity contribution >= 4 is 31.5 Å². The van der Waals surface area contributed by atoms with Gasteiger partial charge in [-0.15, -0.1) is 0 Å². The Morgan fingerprint density at radius 2 is 1.51 bits per heavy atom. The summed E-state index contributed by atoms with van der Waals surface area (Å²) in [5.74, 6) is 0.696. The number of ether oxygens (including phenoxy) is 1. The van der Waals surface area contributed by atoms with Gasteiger partial charge in [-0.2, -0.15) is 0 Å². The van der Waals surface area contributed by atoms with Gasteiger partial charge in [-0.1, -0.05) is 0 Å². The minimum atomic E-state index is -0.439. The molecule has 11 nitrogen and oxygen atoms in total. The molecule has 0 aromatic carbocycles. The van der Waals surface area contributed by atoms with Crippen molar-refractivity contribution in [3.05, 3.63) is 48.0 Å². The van der Waals surface area contributed by atoms with Crippen LogP contribution in [0.4, 0.5) is 0 Å². The maximum atomic E-state index is 12.2. The highest BCUT2D eigenvalue weighted by molar-refractivity contribution is 6.45. The van der Waals surface area contributed by atoms with Crippen LogP contribution in [0.1, 0.15) is 60.0 Å². The average Bonchev–Trinajstić information content (AvgIpc) is 2.90. The molecule has 2 fully saturated rings. The van der Waals surface area contributed by atoms with Crippen LogP contribution in [0, 0.1) is 0 Å². The van der Waals surface area contributed by atoms with Crippen LogP contribution in [0.25, 0.3) is 0 Å². The maximum absolute atomic E-state index is 12.2. The summed E-state index contributed by atoms with van der Waals surface area (Å²) >= 11 is 0. The topological polar surface area (TPSA) is 153 Å². The smallest absolute Gasteiger partial charge is 0.376 e. The molecule has 0 atom stereocenters. The van der Waals surface area contributed by atoms with E-state index in [-0.39, 0.29) is 23.0 Å². The number of hydrogen-bond acceptors (Lipinski definition) is 11. The Bertz CT molecular complexity index is 1150. The van der Waals surface area contributed by atoms with E-state index in [1.165, 1.54) is 19.2 Å². The number of rotatable bonds is 3. The van der Waals surface area contributed by atoms with Crippen LogP contribution < -0.4 is 4.74 Å². The second-order valence-corrected chi connectivity index (χ2v) is 10.0. The molecule has 13 heteroatoms. The zero-order chi connectivity index (χ0) is 28.6. The Hall–Kier alpha value is -3.12. The molecule has 39 heavy (non-hydrogen) atoms. The van der Waals surface area contributed by atoms with Crippen LogP contribution in [0.5, 0.6) is 11.5 Å². The van der Waals surface area contributed by atoms with Gasteiger partial charge in [0.2, 0.25) is 0 Å². The minimum Gasteiger partial charge on any atom is -0.506 e. The lowest BCUT2D eigenvalue weighted by Gasteiger charge is -2.44. The Balaban J connectivity index is 0.000000178. The molecule has 3 N–H and O–H groups in total. The highest BCUT2D eigenvalue weighted by atomic mass is 16.5. The fourth-order valence-corrected chi connectivity index (χ4v) is 4.73. The van der Waals surface area contributed by atoms with Crippen molar-refractivity contribution in [2.24, 2.45) is 0 Å². The van der Waals surface area contributed by atoms with Crippen molar-refractivity contribution in [1.82, 2.24) is 19.6 Å². The standard InChI is InChI=1S/C13H17BN2O3.C7H7NO2.C6H12BNO2/c1-14(18)16-7-4-13(5-8-16)9-10(17)12-11(19-13)3-2-6-15-12;1-5(9)7-6(10)3-2-4-8-7;1-7(10)8-4-2-6(9)3-5-8/h2-3,6,18H,4-5,7-9H2,1H3;2-4,10H,1H3;10H,2-5H2,1H3. The van der Waals surface area contributed by atoms with E-state index in [1.807, 2.05) is 15.7 Å². The lowest BCUT2D eigenvalue weighted by atomic mass is 9.77. The van der Waals surface area contributed by atoms with Crippen molar-refractivity contribution in [2.45, 2.75) is 58.3 Å². The third-order valence-corrected chi connectivity index (χ3v) is 7.09. The highest BCUT2D eigenvalue weighted by Crippen LogP contribution is 2.38. The van der Waals surface area contributed by atoms with Gasteiger partial charge < -0.3 is 29.5 Å². The van der Waals surface area contributed by atoms with E-state index in [1.54, 1.807) is 32.0 Å². The van der Waals surface area contributed by atoms with E-state index in [2.05, 4.69) is 9.97 Å². The number of aromatic nitrogens is 2. The first-order valence-electron chi connectivity index (χ1n) is 13.2. The van der Waals surface area contributed by atoms with Gasteiger partial charge >= 0.3 is 14.1 Å². The molecule has 0 aliphatic carbocycles. The molecule has 2 saturated heterocycles. The van der Waals surface area contributed by atoms with Gasteiger partial charge in [0.1, 0.15) is 34.3 Å². The number of piperidine rings is 2. The molecule has 0 radical (unpaired) electrons. The van der Waals surface area contributed by atoms with Crippen LogP contribution in [-0.2, 0) is 4.79 Å². The van der Waals surface area contributed by atoms with E-state index in [0.717, 1.165) is 39.0 Å². The molecule has 208 valence electrons. The van der Waals surface area contributed by atoms with E-state index in [9.17, 15) is 19.4 Å². The molecule has 0 unspecified atom stereocenters. The predicted molar refractivity (Wildman–Crippen MR) is 147 cm³/mol. The van der Waals surface area contributed by atoms with E-state index >= 15 is 0 Å². The molecule has 0 bridgehead atoms. The maximum Gasteiger partial charge on any atom is 0.376 e. The SMILES string of the molecule is CB(O)N1CCC(=O)CC1.CB(O)N1CCC2(CC1)CC(=O)c1ncccc1O2.CC(=O)c1ncccc1O. The Morgan fingerprint density at radius 1 is 0.949 bits per heavy atom. The quantitative estimate of drug-likeness (QED) is 0.387. The van der Waals surface area contributed by atoms with Crippen LogP contribution in [0.2, 0.25) is 13.6 Å². The van der Waals surface area contributed by atoms with E-state index < -0.39 is 19.7 Å². The molecule has 2 aromatic heterocycles. The monoisotopic (exact) mass is 538 g/mol. The zero-order valence-corrected chi connectivity index (χ0v) is 22.7. The number of fused-ring (bicyclic) bond motifs is 1. The summed E-state index contributed by atoms with van der Waals surface area (Å²) in [6, 6.07) is 6.60. The van der Waals surface area contributed by atoms with Crippen molar-refractivity contribution in [3.63, 3.8) is 0 Å². The number of hydrogen-bond donors (Lipinski definition) is 3. The zero-order valence-electron chi connectivity index (χ0n) is 22.7. The lowest BCUT2D eigenvalue weighted by Crippen LogP contribution is -2.54. The number of pyridine rings is 2. The fraction of sp³-hybridized carbons (Fsp3) is 0.500. The predicted octanol–water partition coefficient (Wildman–Crippen LogP) is 1.74. The Kier molecular flexibility index (Phi) is 10.8. The van der Waals surface area contributed by atoms with Gasteiger partial charge in [-0.05, 0) is 76.9 Å². The summed E-state index contributed by atoms with van der Waals surface area (Å²) in [4.78, 5) is 45.2. The van der Waals surface area contributed by atoms with Gasteiger partial charge in [0.25, 0.3) is 0 Å².